The van der Waals surface area contributed by atoms with Crippen LogP contribution in [0.5, 0.6) is 5.75 Å². The summed E-state index contributed by atoms with van der Waals surface area (Å²) in [4.78, 5) is 0. The number of hydrogen-bond acceptors (Lipinski definition) is 2. The average Bonchev–Trinajstić information content (AvgIpc) is 2.22. The molecule has 0 aliphatic carbocycles. The van der Waals surface area contributed by atoms with E-state index in [4.69, 9.17) is 9.47 Å². The van der Waals surface area contributed by atoms with E-state index in [9.17, 15) is 0 Å². The smallest absolute Gasteiger partial charge is 0.119 e. The van der Waals surface area contributed by atoms with Gasteiger partial charge < -0.3 is 9.47 Å². The van der Waals surface area contributed by atoms with Crippen molar-refractivity contribution in [2.75, 3.05) is 13.7 Å². The summed E-state index contributed by atoms with van der Waals surface area (Å²) in [7, 11) is 1.71. The van der Waals surface area contributed by atoms with Gasteiger partial charge in [0.2, 0.25) is 0 Å². The minimum Gasteiger partial charge on any atom is -0.491 e. The SMILES string of the molecule is CCC(COc1ccc(C)cc1)OC. The Balaban J connectivity index is 2.41. The van der Waals surface area contributed by atoms with Crippen molar-refractivity contribution in [2.45, 2.75) is 26.4 Å². The molecule has 1 aromatic rings. The standard InChI is InChI=1S/C12H18O2/c1-4-11(13-3)9-14-12-7-5-10(2)6-8-12/h5-8,11H,4,9H2,1-3H3. The number of rotatable bonds is 5. The monoisotopic (exact) mass is 194 g/mol. The molecule has 1 aromatic carbocycles. The zero-order valence-corrected chi connectivity index (χ0v) is 9.12. The number of aryl methyl sites for hydroxylation is 1. The molecule has 1 unspecified atom stereocenters. The molecule has 0 aromatic heterocycles. The molecule has 0 spiro atoms. The second-order valence-corrected chi connectivity index (χ2v) is 3.39. The average molecular weight is 194 g/mol. The molecule has 1 atom stereocenters. The quantitative estimate of drug-likeness (QED) is 0.717. The molecule has 2 heteroatoms. The Labute approximate surface area is 85.8 Å². The Hall–Kier alpha value is -1.02. The van der Waals surface area contributed by atoms with E-state index in [-0.39, 0.29) is 6.10 Å². The lowest BCUT2D eigenvalue weighted by molar-refractivity contribution is 0.0556. The molecule has 78 valence electrons. The topological polar surface area (TPSA) is 18.5 Å². The highest BCUT2D eigenvalue weighted by molar-refractivity contribution is 5.26. The first-order valence-corrected chi connectivity index (χ1v) is 4.98. The normalized spacial score (nSPS) is 12.5. The maximum absolute atomic E-state index is 5.58. The van der Waals surface area contributed by atoms with Crippen molar-refractivity contribution in [3.05, 3.63) is 29.8 Å². The lowest BCUT2D eigenvalue weighted by atomic mass is 10.2. The van der Waals surface area contributed by atoms with E-state index < -0.39 is 0 Å². The van der Waals surface area contributed by atoms with Gasteiger partial charge in [0.05, 0.1) is 6.10 Å². The summed E-state index contributed by atoms with van der Waals surface area (Å²) in [5.41, 5.74) is 1.25. The molecule has 1 rings (SSSR count). The largest absolute Gasteiger partial charge is 0.491 e. The van der Waals surface area contributed by atoms with E-state index in [0.29, 0.717) is 6.61 Å². The van der Waals surface area contributed by atoms with Crippen molar-refractivity contribution in [1.82, 2.24) is 0 Å². The highest BCUT2D eigenvalue weighted by Gasteiger charge is 2.04. The Kier molecular flexibility index (Phi) is 4.47. The van der Waals surface area contributed by atoms with Crippen LogP contribution in [0.1, 0.15) is 18.9 Å². The van der Waals surface area contributed by atoms with Crippen LogP contribution in [0.25, 0.3) is 0 Å². The summed E-state index contributed by atoms with van der Waals surface area (Å²) in [5, 5.41) is 0. The molecule has 0 radical (unpaired) electrons. The van der Waals surface area contributed by atoms with Gasteiger partial charge in [0.1, 0.15) is 12.4 Å². The third kappa shape index (κ3) is 3.38. The summed E-state index contributed by atoms with van der Waals surface area (Å²) in [6, 6.07) is 8.06. The Bertz CT molecular complexity index is 250. The fourth-order valence-corrected chi connectivity index (χ4v) is 1.18. The van der Waals surface area contributed by atoms with Gasteiger partial charge in [0.25, 0.3) is 0 Å². The lowest BCUT2D eigenvalue weighted by Gasteiger charge is -2.14. The number of methoxy groups -OCH3 is 1. The zero-order chi connectivity index (χ0) is 10.4. The van der Waals surface area contributed by atoms with Gasteiger partial charge >= 0.3 is 0 Å². The highest BCUT2D eigenvalue weighted by Crippen LogP contribution is 2.12. The molecule has 0 saturated heterocycles. The van der Waals surface area contributed by atoms with Gasteiger partial charge in [-0.3, -0.25) is 0 Å². The van der Waals surface area contributed by atoms with Gasteiger partial charge in [-0.25, -0.2) is 0 Å². The minimum atomic E-state index is 0.191. The fraction of sp³-hybridized carbons (Fsp3) is 0.500. The summed E-state index contributed by atoms with van der Waals surface area (Å²) < 4.78 is 10.8. The van der Waals surface area contributed by atoms with Crippen molar-refractivity contribution in [1.29, 1.82) is 0 Å². The summed E-state index contributed by atoms with van der Waals surface area (Å²) >= 11 is 0. The molecule has 0 aliphatic heterocycles. The van der Waals surface area contributed by atoms with Gasteiger partial charge in [-0.1, -0.05) is 24.6 Å². The Morgan fingerprint density at radius 1 is 1.21 bits per heavy atom. The Morgan fingerprint density at radius 3 is 2.36 bits per heavy atom. The second-order valence-electron chi connectivity index (χ2n) is 3.39. The van der Waals surface area contributed by atoms with Crippen LogP contribution in [0.4, 0.5) is 0 Å². The van der Waals surface area contributed by atoms with Crippen LogP contribution in [0.2, 0.25) is 0 Å². The molecule has 14 heavy (non-hydrogen) atoms. The van der Waals surface area contributed by atoms with Crippen molar-refractivity contribution < 1.29 is 9.47 Å². The molecule has 0 heterocycles. The van der Waals surface area contributed by atoms with Gasteiger partial charge in [0, 0.05) is 7.11 Å². The van der Waals surface area contributed by atoms with Crippen LogP contribution >= 0.6 is 0 Å². The Morgan fingerprint density at radius 2 is 1.86 bits per heavy atom. The van der Waals surface area contributed by atoms with Gasteiger partial charge in [0.15, 0.2) is 0 Å². The van der Waals surface area contributed by atoms with Crippen LogP contribution in [-0.4, -0.2) is 19.8 Å². The summed E-state index contributed by atoms with van der Waals surface area (Å²) in [6.45, 7) is 4.77. The minimum absolute atomic E-state index is 0.191. The van der Waals surface area contributed by atoms with E-state index in [1.165, 1.54) is 5.56 Å². The third-order valence-corrected chi connectivity index (χ3v) is 2.25. The molecule has 0 fully saturated rings. The van der Waals surface area contributed by atoms with E-state index in [1.807, 2.05) is 24.3 Å². The molecule has 0 amide bonds. The maximum atomic E-state index is 5.58. The van der Waals surface area contributed by atoms with E-state index >= 15 is 0 Å². The molecular weight excluding hydrogens is 176 g/mol. The van der Waals surface area contributed by atoms with Gasteiger partial charge in [-0.15, -0.1) is 0 Å². The zero-order valence-electron chi connectivity index (χ0n) is 9.12. The summed E-state index contributed by atoms with van der Waals surface area (Å²) in [5.74, 6) is 0.908. The number of benzene rings is 1. The highest BCUT2D eigenvalue weighted by atomic mass is 16.5. The number of hydrogen-bond donors (Lipinski definition) is 0. The van der Waals surface area contributed by atoms with Crippen molar-refractivity contribution >= 4 is 0 Å². The summed E-state index contributed by atoms with van der Waals surface area (Å²) in [6.07, 6.45) is 1.17. The molecule has 2 nitrogen and oxygen atoms in total. The molecule has 0 bridgehead atoms. The number of ether oxygens (including phenoxy) is 2. The lowest BCUT2D eigenvalue weighted by Crippen LogP contribution is -2.18. The van der Waals surface area contributed by atoms with Crippen LogP contribution in [-0.2, 0) is 4.74 Å². The van der Waals surface area contributed by atoms with Crippen LogP contribution in [0.3, 0.4) is 0 Å². The van der Waals surface area contributed by atoms with Crippen LogP contribution in [0.15, 0.2) is 24.3 Å². The van der Waals surface area contributed by atoms with Crippen molar-refractivity contribution in [3.63, 3.8) is 0 Å². The van der Waals surface area contributed by atoms with E-state index in [2.05, 4.69) is 13.8 Å². The van der Waals surface area contributed by atoms with Crippen molar-refractivity contribution in [2.24, 2.45) is 0 Å². The second kappa shape index (κ2) is 5.66. The first-order valence-electron chi connectivity index (χ1n) is 4.98. The first-order chi connectivity index (χ1) is 6.76. The fourth-order valence-electron chi connectivity index (χ4n) is 1.18. The predicted molar refractivity (Wildman–Crippen MR) is 57.8 cm³/mol. The van der Waals surface area contributed by atoms with Crippen LogP contribution < -0.4 is 4.74 Å². The van der Waals surface area contributed by atoms with E-state index in [1.54, 1.807) is 7.11 Å². The third-order valence-electron chi connectivity index (χ3n) is 2.25. The van der Waals surface area contributed by atoms with Gasteiger partial charge in [-0.05, 0) is 25.5 Å². The maximum Gasteiger partial charge on any atom is 0.119 e. The molecule has 0 saturated carbocycles. The first kappa shape index (κ1) is 11.1. The predicted octanol–water partition coefficient (Wildman–Crippen LogP) is 2.80. The molecular formula is C12H18O2. The van der Waals surface area contributed by atoms with Gasteiger partial charge in [-0.2, -0.15) is 0 Å². The van der Waals surface area contributed by atoms with Crippen LogP contribution in [0, 0.1) is 6.92 Å². The molecule has 0 aliphatic rings. The molecule has 0 N–H and O–H groups in total. The van der Waals surface area contributed by atoms with Crippen molar-refractivity contribution in [3.8, 4) is 5.75 Å². The van der Waals surface area contributed by atoms with E-state index in [0.717, 1.165) is 12.2 Å².